The third-order valence-electron chi connectivity index (χ3n) is 7.56. The number of hydrogen-bond donors (Lipinski definition) is 0. The number of fused-ring (bicyclic) bond motifs is 3. The number of benzene rings is 2. The van der Waals surface area contributed by atoms with Crippen molar-refractivity contribution in [2.75, 3.05) is 19.0 Å². The van der Waals surface area contributed by atoms with Crippen LogP contribution >= 0.6 is 22.7 Å². The molecular formula is C33H27NO2S2. The maximum Gasteiger partial charge on any atom is 0.231 e. The Kier molecular flexibility index (Phi) is 5.71. The van der Waals surface area contributed by atoms with Gasteiger partial charge in [0.1, 0.15) is 5.75 Å². The zero-order chi connectivity index (χ0) is 25.8. The monoisotopic (exact) mass is 533 g/mol. The number of hydrogen-bond acceptors (Lipinski definition) is 5. The standard InChI is InChI=1S/C33H27NO2S2/c1-34(2)23-12-7-20(8-13-23)9-14-24-17-21-10-15-26(32(21)37-24)27-16-11-22-18-25(38-33(22)27)19-30-31(35)28-5-3-4-6-29(28)36-30/h3-9,12-14,17-19H,10-11,15-16H2,1-2H3/b14-9+,27-26+,30-19-. The summed E-state index contributed by atoms with van der Waals surface area (Å²) in [7, 11) is 4.13. The topological polar surface area (TPSA) is 29.5 Å². The molecule has 0 bridgehead atoms. The van der Waals surface area contributed by atoms with Crippen molar-refractivity contribution in [3.8, 4) is 5.75 Å². The predicted molar refractivity (Wildman–Crippen MR) is 161 cm³/mol. The molecule has 0 amide bonds. The van der Waals surface area contributed by atoms with Crippen LogP contribution in [0.5, 0.6) is 5.75 Å². The molecule has 0 N–H and O–H groups in total. The number of carbonyl (C=O) groups excluding carboxylic acids is 1. The van der Waals surface area contributed by atoms with E-state index in [4.69, 9.17) is 4.74 Å². The highest BCUT2D eigenvalue weighted by Crippen LogP contribution is 2.49. The van der Waals surface area contributed by atoms with E-state index in [0.29, 0.717) is 17.1 Å². The number of aryl methyl sites for hydroxylation is 2. The molecule has 1 aliphatic heterocycles. The van der Waals surface area contributed by atoms with Crippen LogP contribution in [0.15, 0.2) is 66.4 Å². The first-order valence-electron chi connectivity index (χ1n) is 13.0. The fraction of sp³-hybridized carbons (Fsp3) is 0.182. The van der Waals surface area contributed by atoms with Crippen molar-refractivity contribution >= 4 is 63.5 Å². The molecule has 3 heterocycles. The van der Waals surface area contributed by atoms with Crippen LogP contribution in [0.2, 0.25) is 0 Å². The molecule has 0 saturated carbocycles. The Balaban J connectivity index is 1.15. The first-order valence-corrected chi connectivity index (χ1v) is 14.6. The molecule has 3 nitrogen and oxygen atoms in total. The average Bonchev–Trinajstić information content (AvgIpc) is 3.72. The van der Waals surface area contributed by atoms with Crippen molar-refractivity contribution in [1.29, 1.82) is 0 Å². The Morgan fingerprint density at radius 3 is 2.13 bits per heavy atom. The van der Waals surface area contributed by atoms with Crippen LogP contribution in [0.3, 0.4) is 0 Å². The zero-order valence-corrected chi connectivity index (χ0v) is 23.0. The van der Waals surface area contributed by atoms with E-state index >= 15 is 0 Å². The maximum absolute atomic E-state index is 12.8. The summed E-state index contributed by atoms with van der Waals surface area (Å²) in [5.41, 5.74) is 9.00. The number of Topliss-reactive ketones (excluding diaryl/α,β-unsaturated/α-hetero) is 1. The van der Waals surface area contributed by atoms with E-state index in [1.54, 1.807) is 11.3 Å². The van der Waals surface area contributed by atoms with Crippen molar-refractivity contribution < 1.29 is 9.53 Å². The van der Waals surface area contributed by atoms with Crippen molar-refractivity contribution in [3.05, 3.63) is 108 Å². The lowest BCUT2D eigenvalue weighted by molar-refractivity contribution is 0.101. The number of nitrogens with zero attached hydrogens (tertiary/aromatic N) is 1. The second kappa shape index (κ2) is 9.26. The van der Waals surface area contributed by atoms with Gasteiger partial charge in [-0.15, -0.1) is 22.7 Å². The summed E-state index contributed by atoms with van der Waals surface area (Å²) in [5, 5.41) is 0. The van der Waals surface area contributed by atoms with Gasteiger partial charge in [0.25, 0.3) is 0 Å². The molecule has 5 heteroatoms. The molecule has 0 spiro atoms. The summed E-state index contributed by atoms with van der Waals surface area (Å²) in [5.74, 6) is 1.05. The fourth-order valence-electron chi connectivity index (χ4n) is 5.58. The minimum absolute atomic E-state index is 0.0269. The van der Waals surface area contributed by atoms with Gasteiger partial charge in [-0.2, -0.15) is 0 Å². The quantitative estimate of drug-likeness (QED) is 0.246. The second-order valence-electron chi connectivity index (χ2n) is 10.2. The number of ketones is 1. The molecule has 0 saturated heterocycles. The highest BCUT2D eigenvalue weighted by Gasteiger charge is 2.30. The highest BCUT2D eigenvalue weighted by atomic mass is 32.1. The van der Waals surface area contributed by atoms with Gasteiger partial charge in [0, 0.05) is 45.4 Å². The number of ether oxygens (including phenoxy) is 1. The zero-order valence-electron chi connectivity index (χ0n) is 21.4. The lowest BCUT2D eigenvalue weighted by atomic mass is 10.1. The molecule has 0 radical (unpaired) electrons. The summed E-state index contributed by atoms with van der Waals surface area (Å²) in [6.45, 7) is 0. The molecule has 0 atom stereocenters. The molecule has 188 valence electrons. The molecule has 38 heavy (non-hydrogen) atoms. The molecule has 0 fully saturated rings. The lowest BCUT2D eigenvalue weighted by Crippen LogP contribution is -2.07. The summed E-state index contributed by atoms with van der Waals surface area (Å²) in [6.07, 6.45) is 10.8. The molecule has 4 aromatic rings. The van der Waals surface area contributed by atoms with Crippen LogP contribution < -0.4 is 9.64 Å². The Morgan fingerprint density at radius 1 is 0.789 bits per heavy atom. The SMILES string of the molecule is CN(C)c1ccc(/C=C/c2cc3c(s2)/C(=C2\CCc4cc(/C=C5\Oc6ccccc6C5=O)sc42)CC3)cc1. The van der Waals surface area contributed by atoms with Crippen molar-refractivity contribution in [2.24, 2.45) is 0 Å². The summed E-state index contributed by atoms with van der Waals surface area (Å²) in [4.78, 5) is 20.2. The van der Waals surface area contributed by atoms with Gasteiger partial charge in [0.15, 0.2) is 5.76 Å². The maximum atomic E-state index is 12.8. The van der Waals surface area contributed by atoms with Gasteiger partial charge < -0.3 is 9.64 Å². The Bertz CT molecular complexity index is 1680. The van der Waals surface area contributed by atoms with E-state index in [0.717, 1.165) is 30.6 Å². The largest absolute Gasteiger partial charge is 0.452 e. The molecule has 2 aromatic heterocycles. The van der Waals surface area contributed by atoms with Gasteiger partial charge in [-0.25, -0.2) is 0 Å². The number of anilines is 1. The van der Waals surface area contributed by atoms with Gasteiger partial charge in [-0.1, -0.05) is 30.3 Å². The van der Waals surface area contributed by atoms with E-state index in [9.17, 15) is 4.79 Å². The number of rotatable bonds is 4. The normalized spacial score (nSPS) is 18.8. The Labute approximate surface area is 231 Å². The van der Waals surface area contributed by atoms with Crippen LogP contribution in [0, 0.1) is 0 Å². The van der Waals surface area contributed by atoms with Crippen LogP contribution in [0.1, 0.15) is 59.4 Å². The third-order valence-corrected chi connectivity index (χ3v) is 9.94. The lowest BCUT2D eigenvalue weighted by Gasteiger charge is -2.11. The van der Waals surface area contributed by atoms with E-state index < -0.39 is 0 Å². The van der Waals surface area contributed by atoms with Crippen LogP contribution in [0.25, 0.3) is 29.4 Å². The van der Waals surface area contributed by atoms with Gasteiger partial charge in [-0.3, -0.25) is 4.79 Å². The van der Waals surface area contributed by atoms with E-state index in [1.807, 2.05) is 41.7 Å². The number of carbonyl (C=O) groups is 1. The molecule has 2 aromatic carbocycles. The molecule has 0 unspecified atom stereocenters. The Morgan fingerprint density at radius 2 is 1.45 bits per heavy atom. The molecule has 3 aliphatic rings. The van der Waals surface area contributed by atoms with Gasteiger partial charge in [0.2, 0.25) is 5.78 Å². The Hall–Kier alpha value is -3.67. The molecule has 2 aliphatic carbocycles. The summed E-state index contributed by atoms with van der Waals surface area (Å²) in [6, 6.07) is 20.8. The number of allylic oxidation sites excluding steroid dienone is 3. The minimum atomic E-state index is -0.0269. The fourth-order valence-corrected chi connectivity index (χ4v) is 8.04. The van der Waals surface area contributed by atoms with Crippen molar-refractivity contribution in [3.63, 3.8) is 0 Å². The van der Waals surface area contributed by atoms with E-state index in [1.165, 1.54) is 48.2 Å². The van der Waals surface area contributed by atoms with Gasteiger partial charge >= 0.3 is 0 Å². The van der Waals surface area contributed by atoms with Gasteiger partial charge in [0.05, 0.1) is 5.56 Å². The minimum Gasteiger partial charge on any atom is -0.452 e. The first kappa shape index (κ1) is 23.4. The van der Waals surface area contributed by atoms with E-state index in [2.05, 4.69) is 67.5 Å². The molecular weight excluding hydrogens is 507 g/mol. The third kappa shape index (κ3) is 4.07. The van der Waals surface area contributed by atoms with Crippen molar-refractivity contribution in [1.82, 2.24) is 0 Å². The van der Waals surface area contributed by atoms with E-state index in [-0.39, 0.29) is 5.78 Å². The van der Waals surface area contributed by atoms with Crippen LogP contribution in [-0.2, 0) is 12.8 Å². The first-order chi connectivity index (χ1) is 18.5. The van der Waals surface area contributed by atoms with Crippen molar-refractivity contribution in [2.45, 2.75) is 25.7 Å². The number of thiophene rings is 2. The second-order valence-corrected chi connectivity index (χ2v) is 12.4. The summed E-state index contributed by atoms with van der Waals surface area (Å²) >= 11 is 3.72. The highest BCUT2D eigenvalue weighted by molar-refractivity contribution is 7.15. The summed E-state index contributed by atoms with van der Waals surface area (Å²) < 4.78 is 5.87. The van der Waals surface area contributed by atoms with Gasteiger partial charge in [-0.05, 0) is 96.0 Å². The number of para-hydroxylation sites is 1. The van der Waals surface area contributed by atoms with Crippen LogP contribution in [-0.4, -0.2) is 19.9 Å². The van der Waals surface area contributed by atoms with Crippen LogP contribution in [0.4, 0.5) is 5.69 Å². The smallest absolute Gasteiger partial charge is 0.231 e. The molecule has 7 rings (SSSR count). The average molecular weight is 534 g/mol. The predicted octanol–water partition coefficient (Wildman–Crippen LogP) is 8.47.